The minimum absolute atomic E-state index is 0.00346. The molecule has 1 amide bonds. The van der Waals surface area contributed by atoms with Crippen LogP contribution in [0.5, 0.6) is 0 Å². The lowest BCUT2D eigenvalue weighted by Gasteiger charge is -2.24. The van der Waals surface area contributed by atoms with Gasteiger partial charge in [-0.15, -0.1) is 5.10 Å². The molecule has 0 aromatic carbocycles. The molecule has 1 atom stereocenters. The molecule has 0 saturated carbocycles. The van der Waals surface area contributed by atoms with Crippen LogP contribution in [0.15, 0.2) is 29.2 Å². The maximum atomic E-state index is 12.1. The molecular weight excluding hydrogens is 320 g/mol. The van der Waals surface area contributed by atoms with E-state index in [4.69, 9.17) is 0 Å². The Morgan fingerprint density at radius 2 is 2.26 bits per heavy atom. The van der Waals surface area contributed by atoms with Gasteiger partial charge in [-0.25, -0.2) is 14.3 Å². The third-order valence-electron chi connectivity index (χ3n) is 3.85. The van der Waals surface area contributed by atoms with Gasteiger partial charge in [0.1, 0.15) is 5.54 Å². The van der Waals surface area contributed by atoms with Crippen molar-refractivity contribution in [3.63, 3.8) is 0 Å². The van der Waals surface area contributed by atoms with Crippen LogP contribution in [0.3, 0.4) is 0 Å². The molecule has 1 fully saturated rings. The van der Waals surface area contributed by atoms with Crippen molar-refractivity contribution >= 4 is 29.3 Å². The van der Waals surface area contributed by atoms with Gasteiger partial charge in [0.15, 0.2) is 5.65 Å². The number of fused-ring (bicyclic) bond motifs is 1. The van der Waals surface area contributed by atoms with Crippen LogP contribution in [0, 0.1) is 0 Å². The van der Waals surface area contributed by atoms with Crippen LogP contribution >= 0.6 is 11.8 Å². The first-order valence-electron chi connectivity index (χ1n) is 7.18. The fraction of sp³-hybridized carbons (Fsp3) is 0.429. The highest BCUT2D eigenvalue weighted by Gasteiger charge is 2.43. The number of carbonyl (C=O) groups is 2. The molecule has 0 aliphatic carbocycles. The average molecular weight is 336 g/mol. The minimum atomic E-state index is -1.19. The second kappa shape index (κ2) is 6.07. The van der Waals surface area contributed by atoms with Crippen molar-refractivity contribution in [2.45, 2.75) is 24.9 Å². The molecule has 0 radical (unpaired) electrons. The van der Waals surface area contributed by atoms with Crippen molar-refractivity contribution in [1.82, 2.24) is 19.5 Å². The topological polar surface area (TPSA) is 106 Å². The van der Waals surface area contributed by atoms with Crippen molar-refractivity contribution < 1.29 is 14.7 Å². The SMILES string of the molecule is O=C(CCn1nc2ccccn2c1=O)NC1(C(=O)O)CCSC1. The molecule has 122 valence electrons. The fourth-order valence-corrected chi connectivity index (χ4v) is 3.86. The van der Waals surface area contributed by atoms with E-state index in [0.717, 1.165) is 0 Å². The maximum Gasteiger partial charge on any atom is 0.350 e. The standard InChI is InChI=1S/C14H16N4O4S/c19-11(15-14(12(20)21)5-8-23-9-14)4-7-18-13(22)17-6-2-1-3-10(17)16-18/h1-3,6H,4-5,7-9H2,(H,15,19)(H,20,21). The normalized spacial score (nSPS) is 20.7. The van der Waals surface area contributed by atoms with Crippen molar-refractivity contribution in [1.29, 1.82) is 0 Å². The van der Waals surface area contributed by atoms with Gasteiger partial charge in [0.2, 0.25) is 5.91 Å². The monoisotopic (exact) mass is 336 g/mol. The molecule has 2 aromatic rings. The molecule has 9 heteroatoms. The van der Waals surface area contributed by atoms with Crippen molar-refractivity contribution in [3.8, 4) is 0 Å². The maximum absolute atomic E-state index is 12.1. The zero-order valence-corrected chi connectivity index (χ0v) is 13.1. The third kappa shape index (κ3) is 2.96. The van der Waals surface area contributed by atoms with E-state index in [-0.39, 0.29) is 24.6 Å². The number of carbonyl (C=O) groups excluding carboxylic acids is 1. The van der Waals surface area contributed by atoms with E-state index in [1.807, 2.05) is 0 Å². The summed E-state index contributed by atoms with van der Waals surface area (Å²) in [5, 5.41) is 16.1. The molecule has 0 bridgehead atoms. The molecule has 2 N–H and O–H groups in total. The summed E-state index contributed by atoms with van der Waals surface area (Å²) < 4.78 is 2.61. The van der Waals surface area contributed by atoms with Gasteiger partial charge < -0.3 is 10.4 Å². The molecule has 1 unspecified atom stereocenters. The Labute approximate surface area is 135 Å². The van der Waals surface area contributed by atoms with Crippen molar-refractivity contribution in [2.75, 3.05) is 11.5 Å². The number of thioether (sulfide) groups is 1. The molecule has 1 aliphatic heterocycles. The summed E-state index contributed by atoms with van der Waals surface area (Å²) in [5.41, 5.74) is -1.00. The first kappa shape index (κ1) is 15.6. The highest BCUT2D eigenvalue weighted by atomic mass is 32.2. The van der Waals surface area contributed by atoms with Crippen molar-refractivity contribution in [2.24, 2.45) is 0 Å². The smallest absolute Gasteiger partial charge is 0.350 e. The van der Waals surface area contributed by atoms with Crippen LogP contribution in [0.1, 0.15) is 12.8 Å². The summed E-state index contributed by atoms with van der Waals surface area (Å²) in [4.78, 5) is 35.6. The third-order valence-corrected chi connectivity index (χ3v) is 5.04. The molecule has 0 spiro atoms. The lowest BCUT2D eigenvalue weighted by atomic mass is 9.99. The number of rotatable bonds is 5. The van der Waals surface area contributed by atoms with Crippen LogP contribution in [-0.2, 0) is 16.1 Å². The quantitative estimate of drug-likeness (QED) is 0.794. The summed E-state index contributed by atoms with van der Waals surface area (Å²) in [7, 11) is 0. The number of amides is 1. The highest BCUT2D eigenvalue weighted by Crippen LogP contribution is 2.28. The zero-order valence-electron chi connectivity index (χ0n) is 12.3. The lowest BCUT2D eigenvalue weighted by molar-refractivity contribution is -0.146. The van der Waals surface area contributed by atoms with Gasteiger partial charge in [-0.3, -0.25) is 9.20 Å². The average Bonchev–Trinajstić information content (AvgIpc) is 3.12. The van der Waals surface area contributed by atoms with Gasteiger partial charge in [-0.2, -0.15) is 11.8 Å². The molecule has 3 heterocycles. The van der Waals surface area contributed by atoms with E-state index < -0.39 is 11.5 Å². The van der Waals surface area contributed by atoms with E-state index in [1.54, 1.807) is 24.4 Å². The van der Waals surface area contributed by atoms with E-state index in [9.17, 15) is 19.5 Å². The van der Waals surface area contributed by atoms with E-state index >= 15 is 0 Å². The molecular formula is C14H16N4O4S. The van der Waals surface area contributed by atoms with Crippen LogP contribution in [0.2, 0.25) is 0 Å². The summed E-state index contributed by atoms with van der Waals surface area (Å²) in [6.07, 6.45) is 2.02. The first-order chi connectivity index (χ1) is 11.0. The Morgan fingerprint density at radius 1 is 1.43 bits per heavy atom. The molecule has 8 nitrogen and oxygen atoms in total. The molecule has 2 aromatic heterocycles. The second-order valence-electron chi connectivity index (χ2n) is 5.42. The summed E-state index contributed by atoms with van der Waals surface area (Å²) in [5.74, 6) is -0.333. The number of hydrogen-bond acceptors (Lipinski definition) is 5. The number of aliphatic carboxylic acids is 1. The predicted molar refractivity (Wildman–Crippen MR) is 84.5 cm³/mol. The van der Waals surface area contributed by atoms with Crippen LogP contribution in [-0.4, -0.2) is 48.2 Å². The zero-order chi connectivity index (χ0) is 16.4. The largest absolute Gasteiger partial charge is 0.479 e. The van der Waals surface area contributed by atoms with Crippen LogP contribution in [0.4, 0.5) is 0 Å². The number of hydrogen-bond donors (Lipinski definition) is 2. The Kier molecular flexibility index (Phi) is 4.12. The van der Waals surface area contributed by atoms with E-state index in [2.05, 4.69) is 10.4 Å². The predicted octanol–water partition coefficient (Wildman–Crippen LogP) is -0.0374. The number of nitrogens with zero attached hydrogens (tertiary/aromatic N) is 3. The first-order valence-corrected chi connectivity index (χ1v) is 8.34. The molecule has 23 heavy (non-hydrogen) atoms. The molecule has 1 saturated heterocycles. The Morgan fingerprint density at radius 3 is 2.91 bits per heavy atom. The van der Waals surface area contributed by atoms with Gasteiger partial charge in [0.25, 0.3) is 0 Å². The van der Waals surface area contributed by atoms with Crippen LogP contribution in [0.25, 0.3) is 5.65 Å². The minimum Gasteiger partial charge on any atom is -0.479 e. The summed E-state index contributed by atoms with van der Waals surface area (Å²) in [6, 6.07) is 5.20. The number of carboxylic acid groups (broad SMARTS) is 1. The van der Waals surface area contributed by atoms with Crippen LogP contribution < -0.4 is 11.0 Å². The highest BCUT2D eigenvalue weighted by molar-refractivity contribution is 7.99. The number of pyridine rings is 1. The fourth-order valence-electron chi connectivity index (χ4n) is 2.54. The Balaban J connectivity index is 1.67. The number of carboxylic acids is 1. The van der Waals surface area contributed by atoms with Gasteiger partial charge in [-0.05, 0) is 24.3 Å². The van der Waals surface area contributed by atoms with Gasteiger partial charge in [-0.1, -0.05) is 6.07 Å². The summed E-state index contributed by atoms with van der Waals surface area (Å²) >= 11 is 1.50. The van der Waals surface area contributed by atoms with Gasteiger partial charge in [0, 0.05) is 18.4 Å². The lowest BCUT2D eigenvalue weighted by Crippen LogP contribution is -2.54. The number of aromatic nitrogens is 3. The molecule has 3 rings (SSSR count). The van der Waals surface area contributed by atoms with Gasteiger partial charge >= 0.3 is 11.7 Å². The van der Waals surface area contributed by atoms with E-state index in [1.165, 1.54) is 20.8 Å². The van der Waals surface area contributed by atoms with Crippen molar-refractivity contribution in [3.05, 3.63) is 34.9 Å². The number of aryl methyl sites for hydroxylation is 1. The summed E-state index contributed by atoms with van der Waals surface area (Å²) in [6.45, 7) is 0.106. The second-order valence-corrected chi connectivity index (χ2v) is 6.53. The molecule has 1 aliphatic rings. The number of nitrogens with one attached hydrogen (secondary N) is 1. The van der Waals surface area contributed by atoms with Gasteiger partial charge in [0.05, 0.1) is 6.54 Å². The van der Waals surface area contributed by atoms with E-state index in [0.29, 0.717) is 23.6 Å². The Hall–Kier alpha value is -2.29. The Bertz CT molecular complexity index is 806.